The zero-order valence-corrected chi connectivity index (χ0v) is 9.57. The summed E-state index contributed by atoms with van der Waals surface area (Å²) >= 11 is 0. The van der Waals surface area contributed by atoms with E-state index in [1.165, 1.54) is 0 Å². The second kappa shape index (κ2) is 4.83. The van der Waals surface area contributed by atoms with Gasteiger partial charge in [0, 0.05) is 12.0 Å². The molecule has 2 fully saturated rings. The first kappa shape index (κ1) is 12.0. The Bertz CT molecular complexity index is 348. The van der Waals surface area contributed by atoms with E-state index in [4.69, 9.17) is 5.73 Å². The zero-order chi connectivity index (χ0) is 12.4. The summed E-state index contributed by atoms with van der Waals surface area (Å²) in [6.07, 6.45) is 3.39. The number of rotatable bonds is 3. The topological polar surface area (TPSA) is 101 Å². The third-order valence-electron chi connectivity index (χ3n) is 3.54. The first-order valence-electron chi connectivity index (χ1n) is 5.95. The average Bonchev–Trinajstić information content (AvgIpc) is 2.58. The van der Waals surface area contributed by atoms with E-state index in [2.05, 4.69) is 10.6 Å². The van der Waals surface area contributed by atoms with Crippen molar-refractivity contribution in [3.05, 3.63) is 0 Å². The average molecular weight is 239 g/mol. The summed E-state index contributed by atoms with van der Waals surface area (Å²) in [7, 11) is 0. The van der Waals surface area contributed by atoms with Crippen molar-refractivity contribution in [3.63, 3.8) is 0 Å². The van der Waals surface area contributed by atoms with E-state index >= 15 is 0 Å². The largest absolute Gasteiger partial charge is 0.369 e. The summed E-state index contributed by atoms with van der Waals surface area (Å²) in [5.74, 6) is -0.741. The van der Waals surface area contributed by atoms with Gasteiger partial charge in [-0.25, -0.2) is 0 Å². The molecule has 0 radical (unpaired) electrons. The van der Waals surface area contributed by atoms with Crippen molar-refractivity contribution in [3.8, 4) is 0 Å². The van der Waals surface area contributed by atoms with E-state index in [1.54, 1.807) is 0 Å². The fourth-order valence-corrected chi connectivity index (χ4v) is 2.52. The molecule has 0 aromatic heterocycles. The number of primary amides is 1. The predicted octanol–water partition coefficient (Wildman–Crippen LogP) is -0.965. The van der Waals surface area contributed by atoms with Crippen LogP contribution in [0.1, 0.15) is 32.1 Å². The van der Waals surface area contributed by atoms with Gasteiger partial charge in [0.25, 0.3) is 0 Å². The number of carbonyl (C=O) groups is 3. The maximum Gasteiger partial charge on any atom is 0.244 e. The Morgan fingerprint density at radius 2 is 1.88 bits per heavy atom. The lowest BCUT2D eigenvalue weighted by molar-refractivity contribution is -0.126. The van der Waals surface area contributed by atoms with Crippen molar-refractivity contribution in [1.82, 2.24) is 10.6 Å². The van der Waals surface area contributed by atoms with Crippen LogP contribution in [-0.4, -0.2) is 29.8 Å². The molecule has 2 aliphatic rings. The third-order valence-corrected chi connectivity index (χ3v) is 3.54. The number of imide groups is 1. The van der Waals surface area contributed by atoms with Crippen LogP contribution < -0.4 is 16.4 Å². The predicted molar refractivity (Wildman–Crippen MR) is 59.6 cm³/mol. The highest BCUT2D eigenvalue weighted by Crippen LogP contribution is 2.24. The number of nitrogens with two attached hydrogens (primary N) is 1. The van der Waals surface area contributed by atoms with Gasteiger partial charge in [0.15, 0.2) is 0 Å². The molecule has 1 atom stereocenters. The second-order valence-corrected chi connectivity index (χ2v) is 4.79. The Hall–Kier alpha value is -1.43. The number of carbonyl (C=O) groups excluding carboxylic acids is 3. The number of hydrogen-bond acceptors (Lipinski definition) is 4. The van der Waals surface area contributed by atoms with Gasteiger partial charge in [-0.05, 0) is 25.7 Å². The lowest BCUT2D eigenvalue weighted by Gasteiger charge is -2.28. The van der Waals surface area contributed by atoms with Gasteiger partial charge in [-0.3, -0.25) is 19.7 Å². The zero-order valence-electron chi connectivity index (χ0n) is 9.57. The summed E-state index contributed by atoms with van der Waals surface area (Å²) < 4.78 is 0. The molecule has 2 rings (SSSR count). The molecular formula is C11H17N3O3. The van der Waals surface area contributed by atoms with Crippen molar-refractivity contribution < 1.29 is 14.4 Å². The van der Waals surface area contributed by atoms with E-state index in [0.29, 0.717) is 0 Å². The Labute approximate surface area is 99.3 Å². The third kappa shape index (κ3) is 2.82. The summed E-state index contributed by atoms with van der Waals surface area (Å²) in [6.45, 7) is 0. The van der Waals surface area contributed by atoms with E-state index in [0.717, 1.165) is 25.7 Å². The normalized spacial score (nSPS) is 33.5. The number of nitrogens with one attached hydrogen (secondary N) is 2. The van der Waals surface area contributed by atoms with Crippen LogP contribution in [0.25, 0.3) is 0 Å². The molecule has 0 bridgehead atoms. The molecule has 6 nitrogen and oxygen atoms in total. The smallest absolute Gasteiger partial charge is 0.244 e. The van der Waals surface area contributed by atoms with Crippen molar-refractivity contribution >= 4 is 17.7 Å². The van der Waals surface area contributed by atoms with Crippen molar-refractivity contribution in [1.29, 1.82) is 0 Å². The molecule has 3 amide bonds. The van der Waals surface area contributed by atoms with Crippen LogP contribution >= 0.6 is 0 Å². The van der Waals surface area contributed by atoms with E-state index in [9.17, 15) is 14.4 Å². The SMILES string of the molecule is NC(=O)C1CCC(NC2CC(=O)NC2=O)CC1. The molecule has 1 unspecified atom stereocenters. The standard InChI is InChI=1S/C11H17N3O3/c12-10(16)6-1-3-7(4-2-6)13-8-5-9(15)14-11(8)17/h6-8,13H,1-5H2,(H2,12,16)(H,14,15,17). The Morgan fingerprint density at radius 1 is 1.24 bits per heavy atom. The van der Waals surface area contributed by atoms with Gasteiger partial charge in [-0.1, -0.05) is 0 Å². The summed E-state index contributed by atoms with van der Waals surface area (Å²) in [5.41, 5.74) is 5.25. The Morgan fingerprint density at radius 3 is 2.35 bits per heavy atom. The first-order valence-corrected chi connectivity index (χ1v) is 5.95. The van der Waals surface area contributed by atoms with Gasteiger partial charge in [0.05, 0.1) is 12.5 Å². The molecule has 0 aromatic rings. The van der Waals surface area contributed by atoms with Crippen LogP contribution in [0.3, 0.4) is 0 Å². The van der Waals surface area contributed by atoms with Gasteiger partial charge < -0.3 is 11.1 Å². The van der Waals surface area contributed by atoms with Gasteiger partial charge in [0.1, 0.15) is 0 Å². The molecule has 0 spiro atoms. The van der Waals surface area contributed by atoms with Crippen molar-refractivity contribution in [2.45, 2.75) is 44.2 Å². The Kier molecular flexibility index (Phi) is 3.42. The van der Waals surface area contributed by atoms with E-state index in [-0.39, 0.29) is 36.1 Å². The fourth-order valence-electron chi connectivity index (χ4n) is 2.52. The number of hydrogen-bond donors (Lipinski definition) is 3. The van der Waals surface area contributed by atoms with Crippen LogP contribution in [0.5, 0.6) is 0 Å². The fraction of sp³-hybridized carbons (Fsp3) is 0.727. The molecular weight excluding hydrogens is 222 g/mol. The summed E-state index contributed by atoms with van der Waals surface area (Å²) in [4.78, 5) is 33.4. The summed E-state index contributed by atoms with van der Waals surface area (Å²) in [5, 5.41) is 5.44. The highest BCUT2D eigenvalue weighted by molar-refractivity contribution is 6.05. The van der Waals surface area contributed by atoms with Gasteiger partial charge in [-0.2, -0.15) is 0 Å². The van der Waals surface area contributed by atoms with E-state index < -0.39 is 6.04 Å². The molecule has 4 N–H and O–H groups in total. The highest BCUT2D eigenvalue weighted by Gasteiger charge is 2.33. The molecule has 1 saturated carbocycles. The first-order chi connectivity index (χ1) is 8.06. The lowest BCUT2D eigenvalue weighted by atomic mass is 9.85. The second-order valence-electron chi connectivity index (χ2n) is 4.79. The summed E-state index contributed by atoms with van der Waals surface area (Å²) in [6, 6.07) is -0.204. The maximum atomic E-state index is 11.4. The highest BCUT2D eigenvalue weighted by atomic mass is 16.2. The molecule has 1 aliphatic heterocycles. The lowest BCUT2D eigenvalue weighted by Crippen LogP contribution is -2.45. The maximum absolute atomic E-state index is 11.4. The van der Waals surface area contributed by atoms with Gasteiger partial charge in [0.2, 0.25) is 17.7 Å². The van der Waals surface area contributed by atoms with Crippen LogP contribution in [0.15, 0.2) is 0 Å². The Balaban J connectivity index is 1.80. The minimum Gasteiger partial charge on any atom is -0.369 e. The molecule has 6 heteroatoms. The van der Waals surface area contributed by atoms with Gasteiger partial charge >= 0.3 is 0 Å². The molecule has 17 heavy (non-hydrogen) atoms. The van der Waals surface area contributed by atoms with Crippen molar-refractivity contribution in [2.24, 2.45) is 11.7 Å². The molecule has 0 aromatic carbocycles. The molecule has 1 saturated heterocycles. The van der Waals surface area contributed by atoms with E-state index in [1.807, 2.05) is 0 Å². The molecule has 1 aliphatic carbocycles. The van der Waals surface area contributed by atoms with Crippen LogP contribution in [-0.2, 0) is 14.4 Å². The molecule has 1 heterocycles. The minimum atomic E-state index is -0.405. The van der Waals surface area contributed by atoms with Crippen molar-refractivity contribution in [2.75, 3.05) is 0 Å². The van der Waals surface area contributed by atoms with Crippen LogP contribution in [0.2, 0.25) is 0 Å². The monoisotopic (exact) mass is 239 g/mol. The van der Waals surface area contributed by atoms with Crippen LogP contribution in [0, 0.1) is 5.92 Å². The molecule has 94 valence electrons. The number of amides is 3. The quantitative estimate of drug-likeness (QED) is 0.552. The minimum absolute atomic E-state index is 0.0351. The van der Waals surface area contributed by atoms with Crippen LogP contribution in [0.4, 0.5) is 0 Å². The van der Waals surface area contributed by atoms with Gasteiger partial charge in [-0.15, -0.1) is 0 Å².